The summed E-state index contributed by atoms with van der Waals surface area (Å²) < 4.78 is 7.03. The minimum atomic E-state index is -0.212. The lowest BCUT2D eigenvalue weighted by atomic mass is 10.1. The summed E-state index contributed by atoms with van der Waals surface area (Å²) in [7, 11) is 0. The van der Waals surface area contributed by atoms with Crippen molar-refractivity contribution in [1.82, 2.24) is 0 Å². The van der Waals surface area contributed by atoms with Gasteiger partial charge in [-0.25, -0.2) is 0 Å². The standard InChI is InChI=1S/C21H20N2O2S2/c1-13-6-5-8-17(14(13)2)23-20(24)19-16(12-27-21-22-10-11-26-21)15-7-3-4-9-18(15)25-19/h3-9H,10-12H2,1-2H3,(H,23,24). The Hall–Kier alpha value is -2.18. The summed E-state index contributed by atoms with van der Waals surface area (Å²) in [5, 5.41) is 4.01. The average molecular weight is 397 g/mol. The number of aliphatic imine (C=N–C) groups is 1. The Bertz CT molecular complexity index is 1040. The summed E-state index contributed by atoms with van der Waals surface area (Å²) in [5.74, 6) is 1.87. The lowest BCUT2D eigenvalue weighted by Crippen LogP contribution is -2.14. The smallest absolute Gasteiger partial charge is 0.291 e. The van der Waals surface area contributed by atoms with Gasteiger partial charge in [0.05, 0.1) is 6.54 Å². The third-order valence-corrected chi connectivity index (χ3v) is 6.93. The van der Waals surface area contributed by atoms with Crippen molar-refractivity contribution in [2.24, 2.45) is 4.99 Å². The minimum absolute atomic E-state index is 0.212. The monoisotopic (exact) mass is 396 g/mol. The number of thioether (sulfide) groups is 2. The number of carbonyl (C=O) groups is 1. The van der Waals surface area contributed by atoms with Gasteiger partial charge in [0, 0.05) is 28.1 Å². The van der Waals surface area contributed by atoms with Crippen LogP contribution in [0, 0.1) is 13.8 Å². The number of nitrogens with one attached hydrogen (secondary N) is 1. The van der Waals surface area contributed by atoms with E-state index in [-0.39, 0.29) is 5.91 Å². The first kappa shape index (κ1) is 18.2. The van der Waals surface area contributed by atoms with Crippen molar-refractivity contribution in [2.45, 2.75) is 19.6 Å². The van der Waals surface area contributed by atoms with Gasteiger partial charge in [-0.3, -0.25) is 9.79 Å². The Morgan fingerprint density at radius 2 is 2.07 bits per heavy atom. The Kier molecular flexibility index (Phi) is 5.27. The molecule has 4 nitrogen and oxygen atoms in total. The predicted octanol–water partition coefficient (Wildman–Crippen LogP) is 5.64. The highest BCUT2D eigenvalue weighted by atomic mass is 32.2. The van der Waals surface area contributed by atoms with Gasteiger partial charge in [0.1, 0.15) is 9.96 Å². The van der Waals surface area contributed by atoms with Gasteiger partial charge >= 0.3 is 0 Å². The summed E-state index contributed by atoms with van der Waals surface area (Å²) in [4.78, 5) is 17.5. The van der Waals surface area contributed by atoms with E-state index in [1.54, 1.807) is 23.5 Å². The number of amides is 1. The molecule has 0 unspecified atom stereocenters. The van der Waals surface area contributed by atoms with E-state index in [0.29, 0.717) is 11.5 Å². The van der Waals surface area contributed by atoms with E-state index in [2.05, 4.69) is 10.3 Å². The molecule has 0 atom stereocenters. The normalized spacial score (nSPS) is 13.8. The van der Waals surface area contributed by atoms with Crippen LogP contribution in [0.2, 0.25) is 0 Å². The summed E-state index contributed by atoms with van der Waals surface area (Å²) >= 11 is 3.44. The second kappa shape index (κ2) is 7.82. The molecule has 2 heterocycles. The van der Waals surface area contributed by atoms with E-state index in [1.165, 1.54) is 0 Å². The topological polar surface area (TPSA) is 54.6 Å². The maximum atomic E-state index is 13.0. The summed E-state index contributed by atoms with van der Waals surface area (Å²) in [6, 6.07) is 13.7. The highest BCUT2D eigenvalue weighted by molar-refractivity contribution is 8.38. The zero-order valence-corrected chi connectivity index (χ0v) is 16.9. The number of fused-ring (bicyclic) bond motifs is 1. The van der Waals surface area contributed by atoms with Crippen LogP contribution in [0.1, 0.15) is 27.2 Å². The van der Waals surface area contributed by atoms with E-state index in [1.807, 2.05) is 56.3 Å². The minimum Gasteiger partial charge on any atom is -0.451 e. The fourth-order valence-corrected chi connectivity index (χ4v) is 5.06. The molecule has 1 aliphatic rings. The molecule has 0 fully saturated rings. The van der Waals surface area contributed by atoms with Gasteiger partial charge in [0.25, 0.3) is 5.91 Å². The summed E-state index contributed by atoms with van der Waals surface area (Å²) in [6.07, 6.45) is 0. The highest BCUT2D eigenvalue weighted by Gasteiger charge is 2.22. The van der Waals surface area contributed by atoms with Crippen molar-refractivity contribution in [3.05, 3.63) is 64.9 Å². The second-order valence-electron chi connectivity index (χ2n) is 6.39. The zero-order chi connectivity index (χ0) is 18.8. The van der Waals surface area contributed by atoms with Crippen molar-refractivity contribution in [1.29, 1.82) is 0 Å². The summed E-state index contributed by atoms with van der Waals surface area (Å²) in [6.45, 7) is 4.92. The molecule has 1 N–H and O–H groups in total. The SMILES string of the molecule is Cc1cccc(NC(=O)c2oc3ccccc3c2CSC2=NCCS2)c1C. The van der Waals surface area contributed by atoms with Gasteiger partial charge in [-0.05, 0) is 37.1 Å². The molecule has 0 aliphatic carbocycles. The third-order valence-electron chi connectivity index (χ3n) is 4.66. The fourth-order valence-electron chi connectivity index (χ4n) is 3.03. The van der Waals surface area contributed by atoms with Crippen molar-refractivity contribution in [3.8, 4) is 0 Å². The molecule has 3 aromatic rings. The lowest BCUT2D eigenvalue weighted by Gasteiger charge is -2.10. The van der Waals surface area contributed by atoms with Crippen LogP contribution in [0.4, 0.5) is 5.69 Å². The molecular formula is C21H20N2O2S2. The van der Waals surface area contributed by atoms with Crippen LogP contribution in [0.3, 0.4) is 0 Å². The van der Waals surface area contributed by atoms with E-state index >= 15 is 0 Å². The van der Waals surface area contributed by atoms with E-state index in [9.17, 15) is 4.79 Å². The molecule has 0 spiro atoms. The molecule has 138 valence electrons. The molecule has 1 aliphatic heterocycles. The van der Waals surface area contributed by atoms with Gasteiger partial charge in [0.15, 0.2) is 5.76 Å². The van der Waals surface area contributed by atoms with Gasteiger partial charge < -0.3 is 9.73 Å². The number of para-hydroxylation sites is 1. The van der Waals surface area contributed by atoms with Crippen molar-refractivity contribution in [2.75, 3.05) is 17.6 Å². The average Bonchev–Trinajstić information content (AvgIpc) is 3.31. The first-order chi connectivity index (χ1) is 13.1. The van der Waals surface area contributed by atoms with Crippen molar-refractivity contribution < 1.29 is 9.21 Å². The number of carbonyl (C=O) groups excluding carboxylic acids is 1. The molecule has 0 radical (unpaired) electrons. The fraction of sp³-hybridized carbons (Fsp3) is 0.238. The molecule has 4 rings (SSSR count). The molecule has 0 bridgehead atoms. The maximum Gasteiger partial charge on any atom is 0.291 e. The van der Waals surface area contributed by atoms with Crippen LogP contribution >= 0.6 is 23.5 Å². The maximum absolute atomic E-state index is 13.0. The third kappa shape index (κ3) is 3.77. The molecule has 6 heteroatoms. The molecule has 0 saturated heterocycles. The predicted molar refractivity (Wildman–Crippen MR) is 116 cm³/mol. The molecule has 1 aromatic heterocycles. The number of benzene rings is 2. The number of nitrogens with zero attached hydrogens (tertiary/aromatic N) is 1. The van der Waals surface area contributed by atoms with Gasteiger partial charge in [-0.1, -0.05) is 53.9 Å². The molecule has 0 saturated carbocycles. The Balaban J connectivity index is 1.66. The Labute approximate surface area is 166 Å². The van der Waals surface area contributed by atoms with E-state index in [0.717, 1.165) is 50.0 Å². The van der Waals surface area contributed by atoms with Crippen LogP contribution in [0.25, 0.3) is 11.0 Å². The largest absolute Gasteiger partial charge is 0.451 e. The van der Waals surface area contributed by atoms with Crippen LogP contribution in [0.15, 0.2) is 51.9 Å². The van der Waals surface area contributed by atoms with Crippen molar-refractivity contribution >= 4 is 50.5 Å². The van der Waals surface area contributed by atoms with E-state index in [4.69, 9.17) is 4.42 Å². The first-order valence-electron chi connectivity index (χ1n) is 8.81. The van der Waals surface area contributed by atoms with Crippen LogP contribution in [0.5, 0.6) is 0 Å². The van der Waals surface area contributed by atoms with Gasteiger partial charge in [-0.2, -0.15) is 0 Å². The molecular weight excluding hydrogens is 376 g/mol. The van der Waals surface area contributed by atoms with Crippen LogP contribution in [-0.2, 0) is 5.75 Å². The Morgan fingerprint density at radius 1 is 1.22 bits per heavy atom. The highest BCUT2D eigenvalue weighted by Crippen LogP contribution is 2.33. The van der Waals surface area contributed by atoms with Crippen LogP contribution in [-0.4, -0.2) is 22.6 Å². The molecule has 27 heavy (non-hydrogen) atoms. The number of furan rings is 1. The van der Waals surface area contributed by atoms with E-state index < -0.39 is 0 Å². The quantitative estimate of drug-likeness (QED) is 0.620. The lowest BCUT2D eigenvalue weighted by molar-refractivity contribution is 0.0997. The zero-order valence-electron chi connectivity index (χ0n) is 15.2. The van der Waals surface area contributed by atoms with Gasteiger partial charge in [0.2, 0.25) is 0 Å². The second-order valence-corrected chi connectivity index (χ2v) is 8.70. The summed E-state index contributed by atoms with van der Waals surface area (Å²) in [5.41, 5.74) is 4.68. The number of hydrogen-bond donors (Lipinski definition) is 1. The van der Waals surface area contributed by atoms with Gasteiger partial charge in [-0.15, -0.1) is 0 Å². The Morgan fingerprint density at radius 3 is 2.89 bits per heavy atom. The number of rotatable bonds is 4. The molecule has 1 amide bonds. The number of anilines is 1. The molecule has 2 aromatic carbocycles. The number of aryl methyl sites for hydroxylation is 1. The first-order valence-corrected chi connectivity index (χ1v) is 10.8. The van der Waals surface area contributed by atoms with Crippen molar-refractivity contribution in [3.63, 3.8) is 0 Å². The number of hydrogen-bond acceptors (Lipinski definition) is 5. The van der Waals surface area contributed by atoms with Crippen LogP contribution < -0.4 is 5.32 Å².